The summed E-state index contributed by atoms with van der Waals surface area (Å²) >= 11 is 0. The van der Waals surface area contributed by atoms with E-state index in [1.165, 1.54) is 0 Å². The lowest BCUT2D eigenvalue weighted by Crippen LogP contribution is -2.28. The van der Waals surface area contributed by atoms with Gasteiger partial charge in [-0.1, -0.05) is 0 Å². The van der Waals surface area contributed by atoms with Crippen molar-refractivity contribution < 1.29 is 8.42 Å². The van der Waals surface area contributed by atoms with Crippen molar-refractivity contribution in [2.45, 2.75) is 19.4 Å². The molecule has 80 valence electrons. The van der Waals surface area contributed by atoms with E-state index in [9.17, 15) is 8.42 Å². The molecule has 0 fully saturated rings. The summed E-state index contributed by atoms with van der Waals surface area (Å²) in [5, 5.41) is 0. The number of nitrogens with two attached hydrogens (primary N) is 1. The number of rotatable bonds is 6. The fourth-order valence-corrected chi connectivity index (χ4v) is 2.62. The Bertz CT molecular complexity index is 222. The smallest absolute Gasteiger partial charge is 0.151 e. The van der Waals surface area contributed by atoms with Crippen molar-refractivity contribution in [3.05, 3.63) is 0 Å². The average molecular weight is 208 g/mol. The van der Waals surface area contributed by atoms with Gasteiger partial charge in [-0.3, -0.25) is 0 Å². The van der Waals surface area contributed by atoms with Gasteiger partial charge < -0.3 is 10.6 Å². The third-order valence-electron chi connectivity index (χ3n) is 1.58. The minimum Gasteiger partial charge on any atom is -0.327 e. The van der Waals surface area contributed by atoms with Crippen LogP contribution in [0.4, 0.5) is 0 Å². The molecule has 0 radical (unpaired) electrons. The molecule has 0 aromatic heterocycles. The van der Waals surface area contributed by atoms with Crippen molar-refractivity contribution in [3.63, 3.8) is 0 Å². The van der Waals surface area contributed by atoms with Gasteiger partial charge in [-0.25, -0.2) is 8.42 Å². The summed E-state index contributed by atoms with van der Waals surface area (Å²) in [6.07, 6.45) is 0.683. The van der Waals surface area contributed by atoms with Gasteiger partial charge in [-0.05, 0) is 34.0 Å². The monoisotopic (exact) mass is 208 g/mol. The van der Waals surface area contributed by atoms with Gasteiger partial charge in [-0.2, -0.15) is 0 Å². The van der Waals surface area contributed by atoms with Gasteiger partial charge in [0.1, 0.15) is 0 Å². The summed E-state index contributed by atoms with van der Waals surface area (Å²) in [6.45, 7) is 2.52. The van der Waals surface area contributed by atoms with E-state index < -0.39 is 9.84 Å². The maximum absolute atomic E-state index is 11.3. The van der Waals surface area contributed by atoms with Crippen LogP contribution in [-0.2, 0) is 9.84 Å². The molecule has 0 aliphatic rings. The van der Waals surface area contributed by atoms with Gasteiger partial charge >= 0.3 is 0 Å². The molecule has 0 rings (SSSR count). The minimum absolute atomic E-state index is 0.0976. The summed E-state index contributed by atoms with van der Waals surface area (Å²) in [7, 11) is 0.929. The van der Waals surface area contributed by atoms with Crippen LogP contribution in [0.5, 0.6) is 0 Å². The highest BCUT2D eigenvalue weighted by molar-refractivity contribution is 7.91. The van der Waals surface area contributed by atoms with E-state index in [0.29, 0.717) is 6.42 Å². The van der Waals surface area contributed by atoms with E-state index in [4.69, 9.17) is 5.73 Å². The third-order valence-corrected chi connectivity index (χ3v) is 3.52. The fraction of sp³-hybridized carbons (Fsp3) is 1.00. The van der Waals surface area contributed by atoms with Crippen LogP contribution in [0, 0.1) is 0 Å². The van der Waals surface area contributed by atoms with E-state index >= 15 is 0 Å². The van der Waals surface area contributed by atoms with Crippen LogP contribution in [0.2, 0.25) is 0 Å². The summed E-state index contributed by atoms with van der Waals surface area (Å²) in [5.41, 5.74) is 5.42. The Morgan fingerprint density at radius 2 is 1.92 bits per heavy atom. The lowest BCUT2D eigenvalue weighted by atomic mass is 10.4. The Labute approximate surface area is 81.0 Å². The van der Waals surface area contributed by atoms with Crippen LogP contribution in [-0.4, -0.2) is 51.5 Å². The molecule has 0 aromatic rings. The largest absolute Gasteiger partial charge is 0.327 e. The first-order chi connectivity index (χ1) is 5.83. The molecular weight excluding hydrogens is 188 g/mol. The zero-order valence-corrected chi connectivity index (χ0v) is 9.47. The van der Waals surface area contributed by atoms with Gasteiger partial charge in [0.15, 0.2) is 9.84 Å². The Kier molecular flexibility index (Phi) is 5.51. The molecule has 0 aliphatic carbocycles. The lowest BCUT2D eigenvalue weighted by Gasteiger charge is -2.10. The van der Waals surface area contributed by atoms with Crippen molar-refractivity contribution in [1.82, 2.24) is 4.90 Å². The summed E-state index contributed by atoms with van der Waals surface area (Å²) < 4.78 is 22.6. The van der Waals surface area contributed by atoms with E-state index in [0.717, 1.165) is 6.54 Å². The maximum Gasteiger partial charge on any atom is 0.151 e. The van der Waals surface area contributed by atoms with Crippen LogP contribution in [0.25, 0.3) is 0 Å². The molecule has 1 unspecified atom stereocenters. The Morgan fingerprint density at radius 3 is 2.31 bits per heavy atom. The highest BCUT2D eigenvalue weighted by atomic mass is 32.2. The first kappa shape index (κ1) is 12.9. The normalized spacial score (nSPS) is 14.8. The Morgan fingerprint density at radius 1 is 1.38 bits per heavy atom. The van der Waals surface area contributed by atoms with Crippen LogP contribution in [0.1, 0.15) is 13.3 Å². The summed E-state index contributed by atoms with van der Waals surface area (Å²) in [4.78, 5) is 1.97. The van der Waals surface area contributed by atoms with Crippen molar-refractivity contribution >= 4 is 9.84 Å². The van der Waals surface area contributed by atoms with E-state index in [1.54, 1.807) is 6.92 Å². The zero-order chi connectivity index (χ0) is 10.5. The maximum atomic E-state index is 11.3. The first-order valence-electron chi connectivity index (χ1n) is 4.44. The highest BCUT2D eigenvalue weighted by Gasteiger charge is 2.12. The Hall–Kier alpha value is -0.130. The second-order valence-electron chi connectivity index (χ2n) is 3.75. The number of hydrogen-bond donors (Lipinski definition) is 1. The van der Waals surface area contributed by atoms with Crippen molar-refractivity contribution in [1.29, 1.82) is 0 Å². The van der Waals surface area contributed by atoms with Crippen LogP contribution in [0.3, 0.4) is 0 Å². The van der Waals surface area contributed by atoms with Crippen molar-refractivity contribution in [2.75, 3.05) is 32.1 Å². The molecule has 13 heavy (non-hydrogen) atoms. The fourth-order valence-electron chi connectivity index (χ4n) is 1.08. The number of sulfone groups is 1. The number of nitrogens with zero attached hydrogens (tertiary/aromatic N) is 1. The third kappa shape index (κ3) is 8.21. The molecule has 0 aliphatic heterocycles. The second-order valence-corrected chi connectivity index (χ2v) is 5.98. The quantitative estimate of drug-likeness (QED) is 0.651. The van der Waals surface area contributed by atoms with E-state index in [1.807, 2.05) is 19.0 Å². The van der Waals surface area contributed by atoms with Gasteiger partial charge in [0.2, 0.25) is 0 Å². The molecule has 2 N–H and O–H groups in total. The van der Waals surface area contributed by atoms with Gasteiger partial charge in [-0.15, -0.1) is 0 Å². The summed E-state index contributed by atoms with van der Waals surface area (Å²) in [5.74, 6) is 0.340. The van der Waals surface area contributed by atoms with Gasteiger partial charge in [0, 0.05) is 6.04 Å². The first-order valence-corrected chi connectivity index (χ1v) is 6.26. The topological polar surface area (TPSA) is 63.4 Å². The second kappa shape index (κ2) is 5.57. The van der Waals surface area contributed by atoms with Crippen LogP contribution < -0.4 is 5.73 Å². The molecule has 0 aromatic carbocycles. The van der Waals surface area contributed by atoms with Crippen molar-refractivity contribution in [2.24, 2.45) is 5.73 Å². The predicted molar refractivity (Wildman–Crippen MR) is 55.5 cm³/mol. The minimum atomic E-state index is -2.93. The van der Waals surface area contributed by atoms with Crippen molar-refractivity contribution in [3.8, 4) is 0 Å². The Balaban J connectivity index is 3.77. The van der Waals surface area contributed by atoms with Crippen LogP contribution >= 0.6 is 0 Å². The molecule has 0 amide bonds. The average Bonchev–Trinajstić information content (AvgIpc) is 1.81. The molecule has 0 saturated carbocycles. The van der Waals surface area contributed by atoms with E-state index in [2.05, 4.69) is 0 Å². The SMILES string of the molecule is CC(N)CS(=O)(=O)CCCN(C)C. The molecule has 1 atom stereocenters. The molecule has 0 spiro atoms. The van der Waals surface area contributed by atoms with Crippen LogP contribution in [0.15, 0.2) is 0 Å². The zero-order valence-electron chi connectivity index (χ0n) is 8.66. The van der Waals surface area contributed by atoms with E-state index in [-0.39, 0.29) is 17.5 Å². The molecule has 0 bridgehead atoms. The molecular formula is C8H20N2O2S. The van der Waals surface area contributed by atoms with Gasteiger partial charge in [0.25, 0.3) is 0 Å². The summed E-state index contributed by atoms with van der Waals surface area (Å²) in [6, 6.07) is -0.260. The number of hydrogen-bond acceptors (Lipinski definition) is 4. The highest BCUT2D eigenvalue weighted by Crippen LogP contribution is 1.96. The molecule has 0 heterocycles. The lowest BCUT2D eigenvalue weighted by molar-refractivity contribution is 0.408. The predicted octanol–water partition coefficient (Wildman–Crippen LogP) is -0.300. The standard InChI is InChI=1S/C8H20N2O2S/c1-8(9)7-13(11,12)6-4-5-10(2)3/h8H,4-7,9H2,1-3H3. The molecule has 0 saturated heterocycles. The molecule has 5 heteroatoms. The molecule has 4 nitrogen and oxygen atoms in total. The van der Waals surface area contributed by atoms with Gasteiger partial charge in [0.05, 0.1) is 11.5 Å².